The Morgan fingerprint density at radius 3 is 2.77 bits per heavy atom. The number of ketones is 1. The molecule has 0 N–H and O–H groups in total. The number of rotatable bonds is 5. The van der Waals surface area contributed by atoms with Crippen molar-refractivity contribution in [3.05, 3.63) is 70.3 Å². The molecule has 2 aromatic rings. The van der Waals surface area contributed by atoms with Gasteiger partial charge in [-0.1, -0.05) is 43.7 Å². The van der Waals surface area contributed by atoms with Crippen molar-refractivity contribution < 1.29 is 23.3 Å². The molecule has 1 spiro atoms. The number of amides is 1. The highest BCUT2D eigenvalue weighted by atomic mass is 35.5. The van der Waals surface area contributed by atoms with Crippen LogP contribution in [0.5, 0.6) is 5.75 Å². The third kappa shape index (κ3) is 6.99. The number of carbonyl (C=O) groups excluding carboxylic acids is 2. The van der Waals surface area contributed by atoms with Crippen molar-refractivity contribution in [2.24, 2.45) is 34.0 Å². The molecule has 2 saturated carbocycles. The largest absolute Gasteiger partial charge is 0.490 e. The average molecular weight is 693 g/mol. The van der Waals surface area contributed by atoms with Crippen LogP contribution >= 0.6 is 11.6 Å². The standard InChI is InChI=1S/C39H49ClN2O5S/c1-25-6-4-8-36(46-3)33-12-9-29(33)20-42-23-39(15-5-7-27-17-31(40)11-13-34(27)39)24-47-37-14-10-28(19-35(37)42)38(44)41-48(45,21-25)22-32(43)18-30-16-26(30)2/h4,8,10-11,13-14,17,19,25-26,29-30,33,36H,5-7,9,12,15-16,18,20-24H2,1-3H3/b8-4+/t25-,26-,29-,30-,33+,36-,39-,48+/m0/s1. The van der Waals surface area contributed by atoms with E-state index in [1.54, 1.807) is 13.2 Å². The summed E-state index contributed by atoms with van der Waals surface area (Å²) in [5.74, 6) is 1.86. The van der Waals surface area contributed by atoms with Crippen LogP contribution in [0.3, 0.4) is 0 Å². The van der Waals surface area contributed by atoms with Crippen LogP contribution in [0.2, 0.25) is 5.02 Å². The summed E-state index contributed by atoms with van der Waals surface area (Å²) in [4.78, 5) is 29.5. The normalized spacial score (nSPS) is 35.2. The summed E-state index contributed by atoms with van der Waals surface area (Å²) in [5.41, 5.74) is 3.61. The van der Waals surface area contributed by atoms with Crippen LogP contribution in [-0.2, 0) is 31.1 Å². The summed E-state index contributed by atoms with van der Waals surface area (Å²) in [5, 5.41) is 0.756. The van der Waals surface area contributed by atoms with Crippen LogP contribution in [-0.4, -0.2) is 60.3 Å². The first-order chi connectivity index (χ1) is 23.0. The van der Waals surface area contributed by atoms with Crippen LogP contribution < -0.4 is 9.64 Å². The summed E-state index contributed by atoms with van der Waals surface area (Å²) < 4.78 is 31.6. The number of nitrogens with zero attached hydrogens (tertiary/aromatic N) is 2. The van der Waals surface area contributed by atoms with E-state index in [-0.39, 0.29) is 34.7 Å². The highest BCUT2D eigenvalue weighted by molar-refractivity contribution is 7.94. The maximum atomic E-state index is 14.4. The molecule has 9 heteroatoms. The summed E-state index contributed by atoms with van der Waals surface area (Å²) >= 11 is 6.45. The second kappa shape index (κ2) is 13.6. The predicted octanol–water partition coefficient (Wildman–Crippen LogP) is 7.67. The Morgan fingerprint density at radius 2 is 2.02 bits per heavy atom. The first-order valence-electron chi connectivity index (χ1n) is 17.8. The maximum Gasteiger partial charge on any atom is 0.285 e. The van der Waals surface area contributed by atoms with Gasteiger partial charge in [-0.3, -0.25) is 9.59 Å². The zero-order chi connectivity index (χ0) is 33.6. The van der Waals surface area contributed by atoms with Gasteiger partial charge in [-0.2, -0.15) is 4.36 Å². The number of fused-ring (bicyclic) bond motifs is 4. The van der Waals surface area contributed by atoms with E-state index in [4.69, 9.17) is 21.1 Å². The molecule has 48 heavy (non-hydrogen) atoms. The number of carbonyl (C=O) groups is 2. The minimum Gasteiger partial charge on any atom is -0.490 e. The number of halogens is 1. The number of methoxy groups -OCH3 is 1. The Balaban J connectivity index is 1.28. The predicted molar refractivity (Wildman–Crippen MR) is 192 cm³/mol. The fourth-order valence-corrected chi connectivity index (χ4v) is 11.3. The van der Waals surface area contributed by atoms with E-state index in [1.807, 2.05) is 25.1 Å². The molecule has 7 rings (SSSR count). The van der Waals surface area contributed by atoms with Crippen LogP contribution in [0.15, 0.2) is 52.9 Å². The Kier molecular flexibility index (Phi) is 9.55. The summed E-state index contributed by atoms with van der Waals surface area (Å²) in [6, 6.07) is 11.8. The highest BCUT2D eigenvalue weighted by Crippen LogP contribution is 2.47. The van der Waals surface area contributed by atoms with Crippen LogP contribution in [0.4, 0.5) is 5.69 Å². The molecule has 0 saturated heterocycles. The fraction of sp³-hybridized carbons (Fsp3) is 0.590. The summed E-state index contributed by atoms with van der Waals surface area (Å²) in [6.07, 6.45) is 11.7. The molecule has 1 amide bonds. The molecule has 2 heterocycles. The first kappa shape index (κ1) is 33.8. The van der Waals surface area contributed by atoms with Gasteiger partial charge in [0.15, 0.2) is 0 Å². The number of ether oxygens (including phenoxy) is 2. The Bertz CT molecular complexity index is 1730. The highest BCUT2D eigenvalue weighted by Gasteiger charge is 2.44. The van der Waals surface area contributed by atoms with Crippen molar-refractivity contribution in [3.63, 3.8) is 0 Å². The van der Waals surface area contributed by atoms with Gasteiger partial charge >= 0.3 is 0 Å². The van der Waals surface area contributed by atoms with Crippen molar-refractivity contribution in [2.75, 3.05) is 43.2 Å². The van der Waals surface area contributed by atoms with Crippen molar-refractivity contribution in [1.82, 2.24) is 0 Å². The van der Waals surface area contributed by atoms with Crippen molar-refractivity contribution in [2.45, 2.75) is 76.7 Å². The third-order valence-electron chi connectivity index (χ3n) is 11.7. The quantitative estimate of drug-likeness (QED) is 0.299. The van der Waals surface area contributed by atoms with Gasteiger partial charge in [-0.15, -0.1) is 0 Å². The van der Waals surface area contributed by atoms with E-state index >= 15 is 0 Å². The van der Waals surface area contributed by atoms with E-state index in [0.717, 1.165) is 68.1 Å². The molecule has 7 nitrogen and oxygen atoms in total. The molecular weight excluding hydrogens is 644 g/mol. The minimum atomic E-state index is -3.12. The molecule has 8 atom stereocenters. The van der Waals surface area contributed by atoms with Crippen LogP contribution in [0.1, 0.15) is 80.3 Å². The first-order valence-corrected chi connectivity index (χ1v) is 20.1. The maximum absolute atomic E-state index is 14.4. The molecule has 2 bridgehead atoms. The van der Waals surface area contributed by atoms with Crippen LogP contribution in [0.25, 0.3) is 0 Å². The average Bonchev–Trinajstić information content (AvgIpc) is 3.75. The molecule has 0 radical (unpaired) electrons. The summed E-state index contributed by atoms with van der Waals surface area (Å²) in [7, 11) is -1.33. The van der Waals surface area contributed by atoms with Crippen molar-refractivity contribution in [1.29, 1.82) is 0 Å². The van der Waals surface area contributed by atoms with Gasteiger partial charge < -0.3 is 14.4 Å². The minimum absolute atomic E-state index is 0.0119. The second-order valence-corrected chi connectivity index (χ2v) is 18.2. The van der Waals surface area contributed by atoms with Crippen LogP contribution in [0, 0.1) is 29.6 Å². The van der Waals surface area contributed by atoms with Gasteiger partial charge in [0, 0.05) is 48.4 Å². The zero-order valence-corrected chi connectivity index (χ0v) is 30.1. The molecule has 0 unspecified atom stereocenters. The lowest BCUT2D eigenvalue weighted by Crippen LogP contribution is -2.49. The summed E-state index contributed by atoms with van der Waals surface area (Å²) in [6.45, 7) is 6.27. The molecule has 3 aliphatic carbocycles. The van der Waals surface area contributed by atoms with Gasteiger partial charge in [0.2, 0.25) is 0 Å². The SMILES string of the molecule is CO[C@H]1/C=C/C[C@H](C)C[S@@](=O)(CC(=O)C[C@@H]2C[C@@H]2C)=NC(=O)c2ccc3c(c2)N(C[C@@H]2CC[C@H]21)C[C@@]1(CCCc2cc(Cl)ccc21)CO3. The molecule has 2 aliphatic heterocycles. The van der Waals surface area contributed by atoms with Crippen molar-refractivity contribution >= 4 is 38.7 Å². The molecule has 2 fully saturated rings. The lowest BCUT2D eigenvalue weighted by atomic mass is 9.68. The van der Waals surface area contributed by atoms with E-state index in [9.17, 15) is 13.8 Å². The number of hydrogen-bond donors (Lipinski definition) is 0. The Hall–Kier alpha value is -2.68. The molecular formula is C39H49ClN2O5S. The van der Waals surface area contributed by atoms with E-state index < -0.39 is 15.6 Å². The molecule has 5 aliphatic rings. The monoisotopic (exact) mass is 692 g/mol. The lowest BCUT2D eigenvalue weighted by molar-refractivity contribution is -0.117. The Labute approximate surface area is 291 Å². The van der Waals surface area contributed by atoms with E-state index in [1.165, 1.54) is 11.1 Å². The van der Waals surface area contributed by atoms with Gasteiger partial charge in [-0.05, 0) is 116 Å². The van der Waals surface area contributed by atoms with Gasteiger partial charge in [-0.25, -0.2) is 4.21 Å². The number of hydrogen-bond acceptors (Lipinski definition) is 6. The number of Topliss-reactive ketones (excluding diaryl/α,β-unsaturated/α-hetero) is 1. The van der Waals surface area contributed by atoms with Gasteiger partial charge in [0.25, 0.3) is 5.91 Å². The Morgan fingerprint density at radius 1 is 1.19 bits per heavy atom. The third-order valence-corrected chi connectivity index (χ3v) is 14.3. The van der Waals surface area contributed by atoms with E-state index in [0.29, 0.717) is 48.7 Å². The second-order valence-electron chi connectivity index (χ2n) is 15.5. The number of anilines is 1. The smallest absolute Gasteiger partial charge is 0.285 e. The number of benzene rings is 2. The van der Waals surface area contributed by atoms with E-state index in [2.05, 4.69) is 40.5 Å². The van der Waals surface area contributed by atoms with Crippen molar-refractivity contribution in [3.8, 4) is 5.75 Å². The zero-order valence-electron chi connectivity index (χ0n) is 28.5. The molecule has 0 aromatic heterocycles. The lowest BCUT2D eigenvalue weighted by Gasteiger charge is -2.46. The van der Waals surface area contributed by atoms with Gasteiger partial charge in [0.1, 0.15) is 11.5 Å². The fourth-order valence-electron chi connectivity index (χ4n) is 8.76. The van der Waals surface area contributed by atoms with Gasteiger partial charge in [0.05, 0.1) is 33.9 Å². The number of aryl methyl sites for hydroxylation is 1. The molecule has 2 aromatic carbocycles. The molecule has 258 valence electrons. The topological polar surface area (TPSA) is 85.3 Å². The number of allylic oxidation sites excluding steroid dienone is 1.